The van der Waals surface area contributed by atoms with Gasteiger partial charge in [-0.15, -0.1) is 0 Å². The third kappa shape index (κ3) is 3.43. The lowest BCUT2D eigenvalue weighted by Gasteiger charge is -2.30. The lowest BCUT2D eigenvalue weighted by atomic mass is 9.92. The lowest BCUT2D eigenvalue weighted by Crippen LogP contribution is -2.35. The second-order valence-electron chi connectivity index (χ2n) is 6.19. The Labute approximate surface area is 132 Å². The van der Waals surface area contributed by atoms with Crippen molar-refractivity contribution in [2.45, 2.75) is 59.1 Å². The van der Waals surface area contributed by atoms with Crippen molar-refractivity contribution in [3.8, 4) is 5.75 Å². The molecular formula is C18H27NO3. The van der Waals surface area contributed by atoms with E-state index in [0.717, 1.165) is 35.3 Å². The fraction of sp³-hybridized carbons (Fsp3) is 0.611. The zero-order valence-electron chi connectivity index (χ0n) is 14.0. The van der Waals surface area contributed by atoms with Crippen LogP contribution in [0.3, 0.4) is 0 Å². The number of carbonyl (C=O) groups is 1. The minimum absolute atomic E-state index is 0.0109. The van der Waals surface area contributed by atoms with Gasteiger partial charge < -0.3 is 15.2 Å². The highest BCUT2D eigenvalue weighted by atomic mass is 16.5. The highest BCUT2D eigenvalue weighted by Crippen LogP contribution is 2.37. The van der Waals surface area contributed by atoms with E-state index >= 15 is 0 Å². The van der Waals surface area contributed by atoms with E-state index in [1.807, 2.05) is 39.8 Å². The number of carbonyl (C=O) groups excluding carboxylic acids is 1. The topological polar surface area (TPSA) is 58.6 Å². The van der Waals surface area contributed by atoms with Crippen molar-refractivity contribution in [3.05, 3.63) is 28.8 Å². The average Bonchev–Trinajstić information content (AvgIpc) is 2.53. The van der Waals surface area contributed by atoms with Gasteiger partial charge in [0.15, 0.2) is 0 Å². The van der Waals surface area contributed by atoms with E-state index in [2.05, 4.69) is 5.32 Å². The van der Waals surface area contributed by atoms with Crippen LogP contribution in [0.4, 0.5) is 0 Å². The van der Waals surface area contributed by atoms with Crippen molar-refractivity contribution in [3.63, 3.8) is 0 Å². The largest absolute Gasteiger partial charge is 0.493 e. The molecule has 4 heteroatoms. The average molecular weight is 305 g/mol. The molecule has 0 aliphatic carbocycles. The first-order valence-electron chi connectivity index (χ1n) is 8.23. The zero-order valence-corrected chi connectivity index (χ0v) is 14.0. The summed E-state index contributed by atoms with van der Waals surface area (Å²) in [7, 11) is 0. The predicted octanol–water partition coefficient (Wildman–Crippen LogP) is 3.42. The number of ether oxygens (including phenoxy) is 1. The highest BCUT2D eigenvalue weighted by Gasteiger charge is 2.27. The Balaban J connectivity index is 2.31. The Bertz CT molecular complexity index is 541. The SMILES string of the molecule is CCC(C)C(=O)NC1CCOc2c(C)cc(C(O)CC)cc21. The molecule has 0 radical (unpaired) electrons. The minimum atomic E-state index is -0.475. The number of amides is 1. The summed E-state index contributed by atoms with van der Waals surface area (Å²) in [4.78, 5) is 12.2. The molecule has 0 spiro atoms. The summed E-state index contributed by atoms with van der Waals surface area (Å²) >= 11 is 0. The second kappa shape index (κ2) is 7.14. The Morgan fingerprint density at radius 2 is 2.14 bits per heavy atom. The fourth-order valence-corrected chi connectivity index (χ4v) is 2.80. The molecule has 2 rings (SSSR count). The monoisotopic (exact) mass is 305 g/mol. The molecule has 3 atom stereocenters. The molecule has 0 saturated carbocycles. The number of rotatable bonds is 5. The molecule has 1 amide bonds. The molecule has 0 fully saturated rings. The van der Waals surface area contributed by atoms with E-state index in [4.69, 9.17) is 4.74 Å². The molecule has 0 saturated heterocycles. The zero-order chi connectivity index (χ0) is 16.3. The number of aliphatic hydroxyl groups is 1. The molecule has 1 aliphatic heterocycles. The molecule has 22 heavy (non-hydrogen) atoms. The van der Waals surface area contributed by atoms with Gasteiger partial charge in [-0.05, 0) is 43.0 Å². The van der Waals surface area contributed by atoms with Crippen LogP contribution in [0.25, 0.3) is 0 Å². The number of benzene rings is 1. The summed E-state index contributed by atoms with van der Waals surface area (Å²) in [5.74, 6) is 0.948. The normalized spacial score (nSPS) is 19.8. The van der Waals surface area contributed by atoms with Gasteiger partial charge in [-0.1, -0.05) is 20.8 Å². The van der Waals surface area contributed by atoms with Gasteiger partial charge in [-0.3, -0.25) is 4.79 Å². The van der Waals surface area contributed by atoms with Crippen LogP contribution in [0.15, 0.2) is 12.1 Å². The van der Waals surface area contributed by atoms with E-state index in [0.29, 0.717) is 13.0 Å². The summed E-state index contributed by atoms with van der Waals surface area (Å²) in [5.41, 5.74) is 2.90. The third-order valence-corrected chi connectivity index (χ3v) is 4.50. The van der Waals surface area contributed by atoms with Crippen LogP contribution >= 0.6 is 0 Å². The van der Waals surface area contributed by atoms with E-state index in [1.54, 1.807) is 0 Å². The Hall–Kier alpha value is -1.55. The van der Waals surface area contributed by atoms with Crippen LogP contribution < -0.4 is 10.1 Å². The Kier molecular flexibility index (Phi) is 5.46. The van der Waals surface area contributed by atoms with Crippen molar-refractivity contribution >= 4 is 5.91 Å². The number of hydrogen-bond acceptors (Lipinski definition) is 3. The molecule has 1 aromatic rings. The van der Waals surface area contributed by atoms with Crippen molar-refractivity contribution in [2.75, 3.05) is 6.61 Å². The molecule has 3 unspecified atom stereocenters. The summed E-state index contributed by atoms with van der Waals surface area (Å²) in [6.07, 6.45) is 1.79. The van der Waals surface area contributed by atoms with Crippen molar-refractivity contribution in [1.29, 1.82) is 0 Å². The molecule has 122 valence electrons. The smallest absolute Gasteiger partial charge is 0.223 e. The van der Waals surface area contributed by atoms with Gasteiger partial charge in [0, 0.05) is 17.9 Å². The van der Waals surface area contributed by atoms with Crippen LogP contribution in [0.5, 0.6) is 5.75 Å². The number of aryl methyl sites for hydroxylation is 1. The van der Waals surface area contributed by atoms with E-state index in [1.165, 1.54) is 0 Å². The molecule has 4 nitrogen and oxygen atoms in total. The first kappa shape index (κ1) is 16.8. The van der Waals surface area contributed by atoms with E-state index < -0.39 is 6.10 Å². The molecule has 1 aliphatic rings. The van der Waals surface area contributed by atoms with Crippen LogP contribution in [0.2, 0.25) is 0 Å². The fourth-order valence-electron chi connectivity index (χ4n) is 2.80. The summed E-state index contributed by atoms with van der Waals surface area (Å²) in [5, 5.41) is 13.3. The lowest BCUT2D eigenvalue weighted by molar-refractivity contribution is -0.125. The van der Waals surface area contributed by atoms with Gasteiger partial charge in [-0.25, -0.2) is 0 Å². The van der Waals surface area contributed by atoms with Crippen LogP contribution in [0, 0.1) is 12.8 Å². The van der Waals surface area contributed by atoms with Crippen LogP contribution in [0.1, 0.15) is 68.9 Å². The van der Waals surface area contributed by atoms with Crippen LogP contribution in [-0.2, 0) is 4.79 Å². The summed E-state index contributed by atoms with van der Waals surface area (Å²) in [6.45, 7) is 8.51. The maximum atomic E-state index is 12.2. The molecule has 0 aromatic heterocycles. The number of fused-ring (bicyclic) bond motifs is 1. The van der Waals surface area contributed by atoms with Gasteiger partial charge in [0.05, 0.1) is 18.8 Å². The number of aliphatic hydroxyl groups excluding tert-OH is 1. The van der Waals surface area contributed by atoms with Gasteiger partial charge in [-0.2, -0.15) is 0 Å². The minimum Gasteiger partial charge on any atom is -0.493 e. The molecule has 0 bridgehead atoms. The number of hydrogen-bond donors (Lipinski definition) is 2. The first-order valence-corrected chi connectivity index (χ1v) is 8.23. The van der Waals surface area contributed by atoms with Gasteiger partial charge in [0.1, 0.15) is 5.75 Å². The predicted molar refractivity (Wildman–Crippen MR) is 86.9 cm³/mol. The first-order chi connectivity index (χ1) is 10.5. The van der Waals surface area contributed by atoms with E-state index in [9.17, 15) is 9.90 Å². The van der Waals surface area contributed by atoms with Crippen molar-refractivity contribution in [2.24, 2.45) is 5.92 Å². The number of nitrogens with one attached hydrogen (secondary N) is 1. The highest BCUT2D eigenvalue weighted by molar-refractivity contribution is 5.78. The molecular weight excluding hydrogens is 278 g/mol. The van der Waals surface area contributed by atoms with Gasteiger partial charge >= 0.3 is 0 Å². The standard InChI is InChI=1S/C18H27NO3/c1-5-11(3)18(21)19-15-7-8-22-17-12(4)9-13(10-14(15)17)16(20)6-2/h9-11,15-16,20H,5-8H2,1-4H3,(H,19,21). The second-order valence-corrected chi connectivity index (χ2v) is 6.19. The van der Waals surface area contributed by atoms with Crippen LogP contribution in [-0.4, -0.2) is 17.6 Å². The van der Waals surface area contributed by atoms with E-state index in [-0.39, 0.29) is 17.9 Å². The molecule has 1 heterocycles. The van der Waals surface area contributed by atoms with Crippen molar-refractivity contribution in [1.82, 2.24) is 5.32 Å². The molecule has 1 aromatic carbocycles. The Morgan fingerprint density at radius 1 is 1.41 bits per heavy atom. The maximum Gasteiger partial charge on any atom is 0.223 e. The molecule has 2 N–H and O–H groups in total. The van der Waals surface area contributed by atoms with Gasteiger partial charge in [0.25, 0.3) is 0 Å². The van der Waals surface area contributed by atoms with Gasteiger partial charge in [0.2, 0.25) is 5.91 Å². The third-order valence-electron chi connectivity index (χ3n) is 4.50. The maximum absolute atomic E-state index is 12.2. The summed E-state index contributed by atoms with van der Waals surface area (Å²) in [6, 6.07) is 3.93. The van der Waals surface area contributed by atoms with Crippen molar-refractivity contribution < 1.29 is 14.6 Å². The Morgan fingerprint density at radius 3 is 2.77 bits per heavy atom. The quantitative estimate of drug-likeness (QED) is 0.876. The summed E-state index contributed by atoms with van der Waals surface area (Å²) < 4.78 is 5.79.